The van der Waals surface area contributed by atoms with Gasteiger partial charge in [-0.05, 0) is 0 Å². The molecule has 2 atom stereocenters. The van der Waals surface area contributed by atoms with E-state index in [-0.39, 0.29) is 0 Å². The van der Waals surface area contributed by atoms with Crippen LogP contribution >= 0.6 is 0 Å². The highest BCUT2D eigenvalue weighted by Crippen LogP contribution is 2.68. The van der Waals surface area contributed by atoms with E-state index in [2.05, 4.69) is 0 Å². The van der Waals surface area contributed by atoms with E-state index in [9.17, 15) is 20.2 Å². The summed E-state index contributed by atoms with van der Waals surface area (Å²) in [6.45, 7) is 0. The van der Waals surface area contributed by atoms with Crippen LogP contribution in [0.2, 0.25) is 0 Å². The molecule has 0 amide bonds. The Balaban J connectivity index is 2.02. The first kappa shape index (κ1) is 6.51. The fourth-order valence-corrected chi connectivity index (χ4v) is 1.75. The first-order valence-corrected chi connectivity index (χ1v) is 3.35. The fourth-order valence-electron chi connectivity index (χ4n) is 1.75. The van der Waals surface area contributed by atoms with Gasteiger partial charge in [-0.25, -0.2) is 0 Å². The van der Waals surface area contributed by atoms with E-state index in [1.807, 2.05) is 0 Å². The molecule has 0 aromatic carbocycles. The standard InChI is InChI=1S/C5H6N2O4/c8-6(9)3-1-5(3)2-4(5)7(10)11/h3-4H,1-2H2. The molecule has 0 aliphatic heterocycles. The summed E-state index contributed by atoms with van der Waals surface area (Å²) in [6.07, 6.45) is 0.817. The average Bonchev–Trinajstić information content (AvgIpc) is 2.72. The van der Waals surface area contributed by atoms with Crippen LogP contribution in [0, 0.1) is 25.6 Å². The van der Waals surface area contributed by atoms with Crippen LogP contribution in [0.25, 0.3) is 0 Å². The van der Waals surface area contributed by atoms with Crippen molar-refractivity contribution in [1.29, 1.82) is 0 Å². The fraction of sp³-hybridized carbons (Fsp3) is 1.00. The summed E-state index contributed by atoms with van der Waals surface area (Å²) in [4.78, 5) is 19.5. The lowest BCUT2D eigenvalue weighted by Crippen LogP contribution is -2.10. The van der Waals surface area contributed by atoms with Crippen LogP contribution in [0.4, 0.5) is 0 Å². The van der Waals surface area contributed by atoms with Gasteiger partial charge in [-0.3, -0.25) is 20.2 Å². The predicted molar refractivity (Wildman–Crippen MR) is 33.2 cm³/mol. The predicted octanol–water partition coefficient (Wildman–Crippen LogP) is 0.0708. The monoisotopic (exact) mass is 158 g/mol. The zero-order valence-electron chi connectivity index (χ0n) is 5.60. The van der Waals surface area contributed by atoms with Gasteiger partial charge in [0.05, 0.1) is 0 Å². The molecule has 2 aliphatic rings. The Labute approximate surface area is 61.5 Å². The van der Waals surface area contributed by atoms with E-state index in [1.165, 1.54) is 0 Å². The molecule has 0 aromatic rings. The van der Waals surface area contributed by atoms with Crippen LogP contribution in [0.1, 0.15) is 12.8 Å². The molecular weight excluding hydrogens is 152 g/mol. The van der Waals surface area contributed by atoms with Gasteiger partial charge in [0.15, 0.2) is 0 Å². The van der Waals surface area contributed by atoms with E-state index in [0.717, 1.165) is 0 Å². The minimum atomic E-state index is -0.627. The van der Waals surface area contributed by atoms with Gasteiger partial charge >= 0.3 is 0 Å². The van der Waals surface area contributed by atoms with Crippen molar-refractivity contribution in [2.75, 3.05) is 0 Å². The van der Waals surface area contributed by atoms with E-state index in [0.29, 0.717) is 12.8 Å². The summed E-state index contributed by atoms with van der Waals surface area (Å²) >= 11 is 0. The van der Waals surface area contributed by atoms with Crippen LogP contribution in [0.15, 0.2) is 0 Å². The van der Waals surface area contributed by atoms with Gasteiger partial charge in [0.25, 0.3) is 0 Å². The highest BCUT2D eigenvalue weighted by Gasteiger charge is 2.84. The highest BCUT2D eigenvalue weighted by atomic mass is 16.6. The van der Waals surface area contributed by atoms with E-state index in [1.54, 1.807) is 0 Å². The molecule has 2 aliphatic carbocycles. The summed E-state index contributed by atoms with van der Waals surface area (Å²) in [5.74, 6) is 0. The van der Waals surface area contributed by atoms with Crippen LogP contribution < -0.4 is 0 Å². The second-order valence-electron chi connectivity index (χ2n) is 3.24. The van der Waals surface area contributed by atoms with Gasteiger partial charge in [-0.1, -0.05) is 0 Å². The molecule has 0 bridgehead atoms. The van der Waals surface area contributed by atoms with Crippen molar-refractivity contribution in [2.24, 2.45) is 5.41 Å². The minimum Gasteiger partial charge on any atom is -0.264 e. The maximum atomic E-state index is 10.2. The first-order chi connectivity index (χ1) is 5.08. The van der Waals surface area contributed by atoms with Crippen molar-refractivity contribution in [2.45, 2.75) is 24.9 Å². The van der Waals surface area contributed by atoms with Crippen LogP contribution in [-0.4, -0.2) is 21.9 Å². The molecule has 6 heteroatoms. The molecule has 1 spiro atoms. The van der Waals surface area contributed by atoms with Crippen molar-refractivity contribution in [3.05, 3.63) is 20.2 Å². The van der Waals surface area contributed by atoms with Crippen LogP contribution in [0.3, 0.4) is 0 Å². The van der Waals surface area contributed by atoms with Crippen molar-refractivity contribution < 1.29 is 9.85 Å². The zero-order valence-corrected chi connectivity index (χ0v) is 5.60. The molecule has 6 nitrogen and oxygen atoms in total. The van der Waals surface area contributed by atoms with E-state index < -0.39 is 27.3 Å². The van der Waals surface area contributed by atoms with Gasteiger partial charge in [0.1, 0.15) is 5.41 Å². The molecule has 60 valence electrons. The second kappa shape index (κ2) is 1.51. The largest absolute Gasteiger partial charge is 0.264 e. The molecule has 0 N–H and O–H groups in total. The summed E-state index contributed by atoms with van der Waals surface area (Å²) in [7, 11) is 0. The molecule has 2 unspecified atom stereocenters. The Morgan fingerprint density at radius 1 is 1.09 bits per heavy atom. The zero-order chi connectivity index (χ0) is 8.22. The molecule has 0 heterocycles. The molecule has 0 saturated heterocycles. The van der Waals surface area contributed by atoms with Crippen LogP contribution in [0.5, 0.6) is 0 Å². The lowest BCUT2D eigenvalue weighted by molar-refractivity contribution is -0.520. The van der Waals surface area contributed by atoms with Gasteiger partial charge in [-0.2, -0.15) is 0 Å². The lowest BCUT2D eigenvalue weighted by Gasteiger charge is -1.85. The number of nitro groups is 2. The third-order valence-corrected chi connectivity index (χ3v) is 2.66. The van der Waals surface area contributed by atoms with Gasteiger partial charge in [-0.15, -0.1) is 0 Å². The Morgan fingerprint density at radius 2 is 1.45 bits per heavy atom. The smallest absolute Gasteiger partial charge is 0.226 e. The first-order valence-electron chi connectivity index (χ1n) is 3.35. The maximum Gasteiger partial charge on any atom is 0.226 e. The van der Waals surface area contributed by atoms with Gasteiger partial charge in [0.2, 0.25) is 12.1 Å². The molecule has 0 radical (unpaired) electrons. The molecule has 2 fully saturated rings. The van der Waals surface area contributed by atoms with Gasteiger partial charge in [0, 0.05) is 22.7 Å². The Kier molecular flexibility index (Phi) is 0.896. The molecule has 0 aromatic heterocycles. The minimum absolute atomic E-state index is 0.399. The summed E-state index contributed by atoms with van der Waals surface area (Å²) in [6, 6.07) is -1.25. The van der Waals surface area contributed by atoms with Crippen LogP contribution in [-0.2, 0) is 0 Å². The maximum absolute atomic E-state index is 10.2. The summed E-state index contributed by atoms with van der Waals surface area (Å²) < 4.78 is 0. The Bertz CT molecular complexity index is 225. The SMILES string of the molecule is O=[N+]([O-])C1CC12CC2[N+](=O)[O-]. The number of rotatable bonds is 2. The number of hydrogen-bond acceptors (Lipinski definition) is 4. The third kappa shape index (κ3) is 0.662. The molecule has 2 saturated carbocycles. The van der Waals surface area contributed by atoms with E-state index in [4.69, 9.17) is 0 Å². The third-order valence-electron chi connectivity index (χ3n) is 2.66. The van der Waals surface area contributed by atoms with Crippen molar-refractivity contribution >= 4 is 0 Å². The quantitative estimate of drug-likeness (QED) is 0.420. The Hall–Kier alpha value is -1.20. The summed E-state index contributed by atoms with van der Waals surface area (Å²) in [5.41, 5.74) is -0.521. The normalized spacial score (nSPS) is 45.5. The molecule has 2 rings (SSSR count). The van der Waals surface area contributed by atoms with Crippen molar-refractivity contribution in [1.82, 2.24) is 0 Å². The topological polar surface area (TPSA) is 86.3 Å². The number of nitrogens with zero attached hydrogens (tertiary/aromatic N) is 2. The highest BCUT2D eigenvalue weighted by molar-refractivity contribution is 5.20. The second-order valence-corrected chi connectivity index (χ2v) is 3.24. The van der Waals surface area contributed by atoms with Gasteiger partial charge < -0.3 is 0 Å². The molecular formula is C5H6N2O4. The average molecular weight is 158 g/mol. The summed E-state index contributed by atoms with van der Waals surface area (Å²) in [5, 5.41) is 20.3. The van der Waals surface area contributed by atoms with Crippen molar-refractivity contribution in [3.8, 4) is 0 Å². The van der Waals surface area contributed by atoms with Crippen molar-refractivity contribution in [3.63, 3.8) is 0 Å². The lowest BCUT2D eigenvalue weighted by atomic mass is 10.4. The number of hydrogen-bond donors (Lipinski definition) is 0. The van der Waals surface area contributed by atoms with E-state index >= 15 is 0 Å². The Morgan fingerprint density at radius 3 is 1.64 bits per heavy atom. The molecule has 11 heavy (non-hydrogen) atoms.